The number of ketones is 2. The molecule has 1 aliphatic carbocycles. The van der Waals surface area contributed by atoms with Crippen molar-refractivity contribution in [1.82, 2.24) is 0 Å². The molecule has 2 aromatic carbocycles. The van der Waals surface area contributed by atoms with E-state index in [1.54, 1.807) is 0 Å². The summed E-state index contributed by atoms with van der Waals surface area (Å²) in [6.07, 6.45) is 0. The van der Waals surface area contributed by atoms with Crippen LogP contribution in [0.1, 0.15) is 42.2 Å². The highest BCUT2D eigenvalue weighted by atomic mass is 35.5. The molecule has 0 amide bonds. The van der Waals surface area contributed by atoms with Gasteiger partial charge in [-0.05, 0) is 35.9 Å². The zero-order valence-corrected chi connectivity index (χ0v) is 13.6. The van der Waals surface area contributed by atoms with E-state index in [1.165, 1.54) is 24.3 Å². The Bertz CT molecular complexity index is 887. The average molecular weight is 374 g/mol. The van der Waals surface area contributed by atoms with Gasteiger partial charge in [0.1, 0.15) is 0 Å². The summed E-state index contributed by atoms with van der Waals surface area (Å²) in [5.74, 6) is -1.05. The van der Waals surface area contributed by atoms with Crippen LogP contribution >= 0.6 is 46.4 Å². The van der Waals surface area contributed by atoms with Gasteiger partial charge in [-0.3, -0.25) is 14.4 Å². The van der Waals surface area contributed by atoms with Gasteiger partial charge >= 0.3 is 0 Å². The molecule has 3 rings (SSSR count). The highest BCUT2D eigenvalue weighted by Crippen LogP contribution is 2.38. The van der Waals surface area contributed by atoms with E-state index in [0.29, 0.717) is 0 Å². The van der Waals surface area contributed by atoms with E-state index in [2.05, 4.69) is 0 Å². The third-order valence-corrected chi connectivity index (χ3v) is 4.49. The average Bonchev–Trinajstić information content (AvgIpc) is 2.46. The molecule has 0 saturated heterocycles. The Kier molecular flexibility index (Phi) is 3.77. The standard InChI is InChI=1S/C15H4Cl4O3/c16-7-1-2-8(17)12-11(7)13(20)6-3-5(15(19)22)4-9(18)10(6)14(12)21/h1-4H. The summed E-state index contributed by atoms with van der Waals surface area (Å²) in [4.78, 5) is 36.6. The van der Waals surface area contributed by atoms with Crippen LogP contribution in [0.5, 0.6) is 0 Å². The second-order valence-electron chi connectivity index (χ2n) is 4.59. The van der Waals surface area contributed by atoms with E-state index in [-0.39, 0.29) is 42.9 Å². The smallest absolute Gasteiger partial charge is 0.252 e. The maximum Gasteiger partial charge on any atom is 0.252 e. The number of hydrogen-bond donors (Lipinski definition) is 0. The molecule has 3 nitrogen and oxygen atoms in total. The van der Waals surface area contributed by atoms with Gasteiger partial charge in [-0.1, -0.05) is 34.8 Å². The summed E-state index contributed by atoms with van der Waals surface area (Å²) in [6.45, 7) is 0. The number of hydrogen-bond acceptors (Lipinski definition) is 3. The first-order valence-corrected chi connectivity index (χ1v) is 7.45. The SMILES string of the molecule is O=C(Cl)c1cc(Cl)c2c(c1)C(=O)c1c(Cl)ccc(Cl)c1C2=O. The van der Waals surface area contributed by atoms with Crippen LogP contribution in [0.3, 0.4) is 0 Å². The van der Waals surface area contributed by atoms with Gasteiger partial charge in [-0.2, -0.15) is 0 Å². The maximum absolute atomic E-state index is 12.6. The Balaban J connectivity index is 2.39. The van der Waals surface area contributed by atoms with E-state index in [9.17, 15) is 14.4 Å². The fourth-order valence-corrected chi connectivity index (χ4v) is 3.29. The van der Waals surface area contributed by atoms with Crippen LogP contribution in [0.15, 0.2) is 24.3 Å². The third kappa shape index (κ3) is 2.17. The summed E-state index contributed by atoms with van der Waals surface area (Å²) in [5, 5.41) is -0.617. The van der Waals surface area contributed by atoms with Crippen molar-refractivity contribution in [2.75, 3.05) is 0 Å². The summed E-state index contributed by atoms with van der Waals surface area (Å²) < 4.78 is 0. The van der Waals surface area contributed by atoms with Crippen LogP contribution in [0.25, 0.3) is 0 Å². The molecule has 0 radical (unpaired) electrons. The van der Waals surface area contributed by atoms with Gasteiger partial charge in [-0.25, -0.2) is 0 Å². The minimum absolute atomic E-state index is 0.00176. The molecule has 0 unspecified atom stereocenters. The van der Waals surface area contributed by atoms with Crippen LogP contribution in [0.4, 0.5) is 0 Å². The molecule has 7 heteroatoms. The van der Waals surface area contributed by atoms with Crippen LogP contribution in [-0.4, -0.2) is 16.8 Å². The monoisotopic (exact) mass is 372 g/mol. The highest BCUT2D eigenvalue weighted by Gasteiger charge is 2.35. The number of fused-ring (bicyclic) bond motifs is 2. The normalized spacial score (nSPS) is 12.9. The van der Waals surface area contributed by atoms with Crippen molar-refractivity contribution in [2.24, 2.45) is 0 Å². The molecule has 0 spiro atoms. The lowest BCUT2D eigenvalue weighted by atomic mass is 9.83. The molecule has 1 aliphatic rings. The maximum atomic E-state index is 12.6. The highest BCUT2D eigenvalue weighted by molar-refractivity contribution is 6.68. The number of benzene rings is 2. The van der Waals surface area contributed by atoms with Gasteiger partial charge in [0.05, 0.1) is 31.8 Å². The van der Waals surface area contributed by atoms with E-state index in [1.807, 2.05) is 0 Å². The Hall–Kier alpha value is -1.39. The van der Waals surface area contributed by atoms with E-state index >= 15 is 0 Å². The van der Waals surface area contributed by atoms with Crippen molar-refractivity contribution in [3.63, 3.8) is 0 Å². The van der Waals surface area contributed by atoms with Gasteiger partial charge in [0.25, 0.3) is 5.24 Å². The quantitative estimate of drug-likeness (QED) is 0.575. The van der Waals surface area contributed by atoms with E-state index in [4.69, 9.17) is 46.4 Å². The predicted molar refractivity (Wildman–Crippen MR) is 85.0 cm³/mol. The fraction of sp³-hybridized carbons (Fsp3) is 0. The first kappa shape index (κ1) is 15.5. The lowest BCUT2D eigenvalue weighted by Crippen LogP contribution is -2.23. The molecule has 22 heavy (non-hydrogen) atoms. The molecular weight excluding hydrogens is 370 g/mol. The Labute approximate surface area is 144 Å². The third-order valence-electron chi connectivity index (χ3n) is 3.35. The Morgan fingerprint density at radius 1 is 0.773 bits per heavy atom. The topological polar surface area (TPSA) is 51.2 Å². The molecule has 0 heterocycles. The number of halogens is 4. The molecule has 0 bridgehead atoms. The molecule has 0 saturated carbocycles. The summed E-state index contributed by atoms with van der Waals surface area (Å²) in [7, 11) is 0. The number of carbonyl (C=O) groups is 3. The van der Waals surface area contributed by atoms with Crippen LogP contribution < -0.4 is 0 Å². The Morgan fingerprint density at radius 3 is 1.86 bits per heavy atom. The Morgan fingerprint density at radius 2 is 1.32 bits per heavy atom. The lowest BCUT2D eigenvalue weighted by Gasteiger charge is -2.20. The summed E-state index contributed by atoms with van der Waals surface area (Å²) in [5.41, 5.74) is 0.0109. The van der Waals surface area contributed by atoms with Crippen molar-refractivity contribution in [3.8, 4) is 0 Å². The van der Waals surface area contributed by atoms with Crippen LogP contribution in [-0.2, 0) is 0 Å². The second-order valence-corrected chi connectivity index (χ2v) is 6.16. The zero-order valence-electron chi connectivity index (χ0n) is 10.5. The molecule has 0 atom stereocenters. The van der Waals surface area contributed by atoms with Crippen molar-refractivity contribution < 1.29 is 14.4 Å². The second kappa shape index (κ2) is 5.36. The summed E-state index contributed by atoms with van der Waals surface area (Å²) in [6, 6.07) is 5.34. The van der Waals surface area contributed by atoms with Crippen LogP contribution in [0, 0.1) is 0 Å². The first-order valence-electron chi connectivity index (χ1n) is 5.93. The van der Waals surface area contributed by atoms with Crippen LogP contribution in [0.2, 0.25) is 15.1 Å². The molecule has 0 aliphatic heterocycles. The van der Waals surface area contributed by atoms with Gasteiger partial charge in [0, 0.05) is 11.1 Å². The first-order chi connectivity index (χ1) is 10.3. The molecule has 0 N–H and O–H groups in total. The number of carbonyl (C=O) groups excluding carboxylic acids is 3. The molecule has 0 fully saturated rings. The van der Waals surface area contributed by atoms with Crippen molar-refractivity contribution in [3.05, 3.63) is 67.2 Å². The fourth-order valence-electron chi connectivity index (χ4n) is 2.39. The van der Waals surface area contributed by atoms with Gasteiger partial charge in [0.15, 0.2) is 11.6 Å². The molecular formula is C15H4Cl4O3. The van der Waals surface area contributed by atoms with E-state index < -0.39 is 16.8 Å². The van der Waals surface area contributed by atoms with Gasteiger partial charge in [-0.15, -0.1) is 0 Å². The predicted octanol–water partition coefficient (Wildman–Crippen LogP) is 4.80. The minimum atomic E-state index is -0.784. The van der Waals surface area contributed by atoms with Crippen molar-refractivity contribution in [2.45, 2.75) is 0 Å². The summed E-state index contributed by atoms with van der Waals surface area (Å²) >= 11 is 23.5. The minimum Gasteiger partial charge on any atom is -0.289 e. The largest absolute Gasteiger partial charge is 0.289 e. The lowest BCUT2D eigenvalue weighted by molar-refractivity contribution is 0.0979. The number of rotatable bonds is 1. The molecule has 110 valence electrons. The van der Waals surface area contributed by atoms with Gasteiger partial charge < -0.3 is 0 Å². The molecule has 0 aromatic heterocycles. The van der Waals surface area contributed by atoms with E-state index in [0.717, 1.165) is 0 Å². The van der Waals surface area contributed by atoms with Gasteiger partial charge in [0.2, 0.25) is 0 Å². The van der Waals surface area contributed by atoms with Crippen molar-refractivity contribution >= 4 is 63.2 Å². The van der Waals surface area contributed by atoms with Crippen molar-refractivity contribution in [1.29, 1.82) is 0 Å². The zero-order chi connectivity index (χ0) is 16.2. The molecule has 2 aromatic rings.